The summed E-state index contributed by atoms with van der Waals surface area (Å²) in [4.78, 5) is 16.5. The minimum Gasteiger partial charge on any atom is -0.491 e. The fourth-order valence-electron chi connectivity index (χ4n) is 3.40. The zero-order valence-electron chi connectivity index (χ0n) is 15.9. The van der Waals surface area contributed by atoms with Crippen LogP contribution in [0.2, 0.25) is 0 Å². The third kappa shape index (κ3) is 4.19. The van der Waals surface area contributed by atoms with Crippen LogP contribution in [-0.2, 0) is 27.2 Å². The van der Waals surface area contributed by atoms with Crippen molar-refractivity contribution in [2.24, 2.45) is 0 Å². The number of hydrogen-bond acceptors (Lipinski definition) is 7. The van der Waals surface area contributed by atoms with Gasteiger partial charge >= 0.3 is 5.69 Å². The van der Waals surface area contributed by atoms with E-state index in [0.29, 0.717) is 52.1 Å². The van der Waals surface area contributed by atoms with Crippen LogP contribution < -0.4 is 15.2 Å². The highest BCUT2D eigenvalue weighted by Gasteiger charge is 2.21. The van der Waals surface area contributed by atoms with Gasteiger partial charge in [-0.1, -0.05) is 0 Å². The maximum atomic E-state index is 12.5. The molecule has 1 saturated heterocycles. The van der Waals surface area contributed by atoms with E-state index in [-0.39, 0.29) is 11.8 Å². The second-order valence-electron chi connectivity index (χ2n) is 6.70. The molecular formula is C20H24N2O6. The van der Waals surface area contributed by atoms with Crippen molar-refractivity contribution in [1.82, 2.24) is 9.55 Å². The molecule has 0 aliphatic carbocycles. The summed E-state index contributed by atoms with van der Waals surface area (Å²) < 4.78 is 29.1. The van der Waals surface area contributed by atoms with Gasteiger partial charge in [-0.15, -0.1) is 0 Å². The van der Waals surface area contributed by atoms with E-state index in [1.807, 2.05) is 24.3 Å². The Morgan fingerprint density at radius 3 is 2.96 bits per heavy atom. The molecule has 150 valence electrons. The molecule has 1 unspecified atom stereocenters. The molecule has 0 saturated carbocycles. The predicted molar refractivity (Wildman–Crippen MR) is 101 cm³/mol. The highest BCUT2D eigenvalue weighted by molar-refractivity contribution is 5.67. The SMILES string of the molecule is COCCOc1ccc2c(c1)CCn1c-2cc(OCC2COCCO2)nc1=O. The van der Waals surface area contributed by atoms with Gasteiger partial charge in [0, 0.05) is 25.3 Å². The van der Waals surface area contributed by atoms with Gasteiger partial charge in [0.2, 0.25) is 5.88 Å². The Hall–Kier alpha value is -2.42. The van der Waals surface area contributed by atoms with Crippen molar-refractivity contribution >= 4 is 0 Å². The lowest BCUT2D eigenvalue weighted by Crippen LogP contribution is -2.34. The van der Waals surface area contributed by atoms with E-state index in [2.05, 4.69) is 4.98 Å². The Labute approximate surface area is 163 Å². The molecule has 1 atom stereocenters. The maximum absolute atomic E-state index is 12.5. The normalized spacial score (nSPS) is 18.2. The van der Waals surface area contributed by atoms with E-state index >= 15 is 0 Å². The molecular weight excluding hydrogens is 364 g/mol. The molecule has 1 aromatic heterocycles. The number of nitrogens with zero attached hydrogens (tertiary/aromatic N) is 2. The molecule has 2 aliphatic rings. The summed E-state index contributed by atoms with van der Waals surface area (Å²) in [5.41, 5.74) is 2.63. The zero-order valence-corrected chi connectivity index (χ0v) is 15.9. The van der Waals surface area contributed by atoms with E-state index in [1.54, 1.807) is 11.7 Å². The molecule has 4 rings (SSSR count). The molecule has 2 aromatic rings. The molecule has 3 heterocycles. The summed E-state index contributed by atoms with van der Waals surface area (Å²) in [7, 11) is 1.64. The largest absolute Gasteiger partial charge is 0.491 e. The number of ether oxygens (including phenoxy) is 5. The zero-order chi connectivity index (χ0) is 19.3. The molecule has 0 radical (unpaired) electrons. The van der Waals surface area contributed by atoms with Crippen LogP contribution in [0.3, 0.4) is 0 Å². The van der Waals surface area contributed by atoms with Gasteiger partial charge in [-0.25, -0.2) is 4.79 Å². The third-order valence-electron chi connectivity index (χ3n) is 4.80. The lowest BCUT2D eigenvalue weighted by atomic mass is 9.97. The first kappa shape index (κ1) is 18.9. The first-order valence-corrected chi connectivity index (χ1v) is 9.43. The van der Waals surface area contributed by atoms with Crippen molar-refractivity contribution in [3.63, 3.8) is 0 Å². The molecule has 0 bridgehead atoms. The number of rotatable bonds is 7. The van der Waals surface area contributed by atoms with Crippen LogP contribution in [0.15, 0.2) is 29.1 Å². The first-order valence-electron chi connectivity index (χ1n) is 9.43. The molecule has 1 fully saturated rings. The van der Waals surface area contributed by atoms with Gasteiger partial charge in [0.15, 0.2) is 0 Å². The minimum atomic E-state index is -0.306. The molecule has 8 heteroatoms. The first-order chi connectivity index (χ1) is 13.7. The van der Waals surface area contributed by atoms with Crippen LogP contribution in [-0.4, -0.2) is 62.4 Å². The van der Waals surface area contributed by atoms with Crippen molar-refractivity contribution in [1.29, 1.82) is 0 Å². The van der Waals surface area contributed by atoms with Crippen LogP contribution >= 0.6 is 0 Å². The number of aromatic nitrogens is 2. The highest BCUT2D eigenvalue weighted by Crippen LogP contribution is 2.32. The van der Waals surface area contributed by atoms with Gasteiger partial charge in [-0.3, -0.25) is 4.57 Å². The number of benzene rings is 1. The fourth-order valence-corrected chi connectivity index (χ4v) is 3.40. The summed E-state index contributed by atoms with van der Waals surface area (Å²) in [5, 5.41) is 0. The highest BCUT2D eigenvalue weighted by atomic mass is 16.6. The average Bonchev–Trinajstić information content (AvgIpc) is 2.73. The topological polar surface area (TPSA) is 81.0 Å². The predicted octanol–water partition coefficient (Wildman–Crippen LogP) is 1.29. The van der Waals surface area contributed by atoms with E-state index in [0.717, 1.165) is 29.0 Å². The maximum Gasteiger partial charge on any atom is 0.351 e. The van der Waals surface area contributed by atoms with Crippen LogP contribution in [0, 0.1) is 0 Å². The van der Waals surface area contributed by atoms with Gasteiger partial charge < -0.3 is 23.7 Å². The van der Waals surface area contributed by atoms with Gasteiger partial charge in [0.05, 0.1) is 32.1 Å². The van der Waals surface area contributed by atoms with Crippen molar-refractivity contribution in [3.8, 4) is 22.9 Å². The van der Waals surface area contributed by atoms with E-state index < -0.39 is 0 Å². The number of aryl methyl sites for hydroxylation is 1. The number of hydrogen-bond donors (Lipinski definition) is 0. The molecule has 2 aliphatic heterocycles. The number of fused-ring (bicyclic) bond motifs is 3. The summed E-state index contributed by atoms with van der Waals surface area (Å²) in [5.74, 6) is 1.10. The Balaban J connectivity index is 1.54. The van der Waals surface area contributed by atoms with Gasteiger partial charge in [-0.05, 0) is 30.2 Å². The van der Waals surface area contributed by atoms with E-state index in [9.17, 15) is 4.79 Å². The van der Waals surface area contributed by atoms with E-state index in [1.165, 1.54) is 0 Å². The fraction of sp³-hybridized carbons (Fsp3) is 0.500. The van der Waals surface area contributed by atoms with E-state index in [4.69, 9.17) is 23.7 Å². The van der Waals surface area contributed by atoms with Crippen LogP contribution in [0.1, 0.15) is 5.56 Å². The third-order valence-corrected chi connectivity index (χ3v) is 4.80. The molecule has 0 amide bonds. The molecule has 0 spiro atoms. The van der Waals surface area contributed by atoms with Crippen molar-refractivity contribution in [2.45, 2.75) is 19.1 Å². The quantitative estimate of drug-likeness (QED) is 0.661. The summed E-state index contributed by atoms with van der Waals surface area (Å²) >= 11 is 0. The molecule has 28 heavy (non-hydrogen) atoms. The monoisotopic (exact) mass is 388 g/mol. The van der Waals surface area contributed by atoms with Crippen LogP contribution in [0.4, 0.5) is 0 Å². The summed E-state index contributed by atoms with van der Waals surface area (Å²) in [6.07, 6.45) is 0.604. The Morgan fingerprint density at radius 1 is 1.21 bits per heavy atom. The molecule has 8 nitrogen and oxygen atoms in total. The lowest BCUT2D eigenvalue weighted by molar-refractivity contribution is -0.102. The van der Waals surface area contributed by atoms with Crippen LogP contribution in [0.25, 0.3) is 11.3 Å². The molecule has 1 aromatic carbocycles. The second-order valence-corrected chi connectivity index (χ2v) is 6.70. The molecule has 0 N–H and O–H groups in total. The van der Waals surface area contributed by atoms with Crippen molar-refractivity contribution < 1.29 is 23.7 Å². The lowest BCUT2D eigenvalue weighted by Gasteiger charge is -2.24. The summed E-state index contributed by atoms with van der Waals surface area (Å²) in [6.45, 7) is 3.56. The van der Waals surface area contributed by atoms with Gasteiger partial charge in [-0.2, -0.15) is 4.98 Å². The standard InChI is InChI=1S/C20H24N2O6/c1-24-6-8-26-15-2-3-17-14(10-15)4-5-22-18(17)11-19(21-20(22)23)28-13-16-12-25-7-9-27-16/h2-3,10-11,16H,4-9,12-13H2,1H3. The van der Waals surface area contributed by atoms with Crippen molar-refractivity contribution in [3.05, 3.63) is 40.3 Å². The minimum absolute atomic E-state index is 0.145. The number of methoxy groups -OCH3 is 1. The van der Waals surface area contributed by atoms with Crippen LogP contribution in [0.5, 0.6) is 11.6 Å². The smallest absolute Gasteiger partial charge is 0.351 e. The Morgan fingerprint density at radius 2 is 2.14 bits per heavy atom. The Kier molecular flexibility index (Phi) is 5.90. The second kappa shape index (κ2) is 8.72. The Bertz CT molecular complexity index is 875. The van der Waals surface area contributed by atoms with Gasteiger partial charge in [0.25, 0.3) is 0 Å². The van der Waals surface area contributed by atoms with Crippen molar-refractivity contribution in [2.75, 3.05) is 46.8 Å². The van der Waals surface area contributed by atoms with Gasteiger partial charge in [0.1, 0.15) is 25.1 Å². The summed E-state index contributed by atoms with van der Waals surface area (Å²) in [6, 6.07) is 7.72. The average molecular weight is 388 g/mol.